The Bertz CT molecular complexity index is 420. The third kappa shape index (κ3) is 2.83. The second-order valence-electron chi connectivity index (χ2n) is 5.45. The minimum absolute atomic E-state index is 0.497. The maximum atomic E-state index is 5.80. The molecule has 0 radical (unpaired) electrons. The first-order valence-corrected chi connectivity index (χ1v) is 7.14. The summed E-state index contributed by atoms with van der Waals surface area (Å²) in [4.78, 5) is 2.92. The van der Waals surface area contributed by atoms with Crippen LogP contribution in [0.15, 0.2) is 24.3 Å². The van der Waals surface area contributed by atoms with Gasteiger partial charge in [0.15, 0.2) is 0 Å². The fourth-order valence-corrected chi connectivity index (χ4v) is 2.94. The molecule has 2 N–H and O–H groups in total. The van der Waals surface area contributed by atoms with Gasteiger partial charge in [-0.25, -0.2) is 0 Å². The first kappa shape index (κ1) is 13.3. The van der Waals surface area contributed by atoms with E-state index in [1.807, 2.05) is 12.1 Å². The van der Waals surface area contributed by atoms with Crippen LogP contribution in [0.4, 0.5) is 5.69 Å². The molecule has 0 atom stereocenters. The topological polar surface area (TPSA) is 29.3 Å². The lowest BCUT2D eigenvalue weighted by Gasteiger charge is -2.36. The van der Waals surface area contributed by atoms with Crippen LogP contribution in [0, 0.1) is 11.8 Å². The lowest BCUT2D eigenvalue weighted by atomic mass is 9.86. The quantitative estimate of drug-likeness (QED) is 0.848. The minimum Gasteiger partial charge on any atom is -0.389 e. The molecule has 1 saturated heterocycles. The molecule has 0 bridgehead atoms. The standard InChI is InChI=1S/C15H22N2S/c1-11(2)12-7-9-17(10-8-12)14-6-4-3-5-13(14)15(16)18/h3-6,11-12H,7-10H2,1-2H3,(H2,16,18). The second kappa shape index (κ2) is 5.70. The molecule has 1 aromatic carbocycles. The maximum Gasteiger partial charge on any atom is 0.106 e. The van der Waals surface area contributed by atoms with Crippen LogP contribution >= 0.6 is 12.2 Å². The lowest BCUT2D eigenvalue weighted by Crippen LogP contribution is -2.36. The average molecular weight is 262 g/mol. The van der Waals surface area contributed by atoms with Crippen molar-refractivity contribution in [3.05, 3.63) is 29.8 Å². The summed E-state index contributed by atoms with van der Waals surface area (Å²) in [7, 11) is 0. The second-order valence-corrected chi connectivity index (χ2v) is 5.89. The molecule has 98 valence electrons. The Kier molecular flexibility index (Phi) is 4.23. The lowest BCUT2D eigenvalue weighted by molar-refractivity contribution is 0.311. The summed E-state index contributed by atoms with van der Waals surface area (Å²) in [5.74, 6) is 1.65. The van der Waals surface area contributed by atoms with E-state index in [4.69, 9.17) is 18.0 Å². The molecule has 1 fully saturated rings. The van der Waals surface area contributed by atoms with Crippen molar-refractivity contribution in [3.63, 3.8) is 0 Å². The first-order chi connectivity index (χ1) is 8.59. The van der Waals surface area contributed by atoms with Gasteiger partial charge < -0.3 is 10.6 Å². The predicted molar refractivity (Wildman–Crippen MR) is 82.1 cm³/mol. The van der Waals surface area contributed by atoms with Crippen molar-refractivity contribution in [2.75, 3.05) is 18.0 Å². The third-order valence-corrected chi connectivity index (χ3v) is 4.21. The molecule has 1 aliphatic rings. The molecule has 2 rings (SSSR count). The van der Waals surface area contributed by atoms with Crippen LogP contribution in [0.2, 0.25) is 0 Å². The van der Waals surface area contributed by atoms with E-state index < -0.39 is 0 Å². The molecule has 0 spiro atoms. The number of nitrogens with zero attached hydrogens (tertiary/aromatic N) is 1. The highest BCUT2D eigenvalue weighted by molar-refractivity contribution is 7.80. The van der Waals surface area contributed by atoms with Crippen LogP contribution in [0.1, 0.15) is 32.3 Å². The van der Waals surface area contributed by atoms with Gasteiger partial charge in [0.25, 0.3) is 0 Å². The third-order valence-electron chi connectivity index (χ3n) is 3.99. The van der Waals surface area contributed by atoms with Crippen molar-refractivity contribution in [1.29, 1.82) is 0 Å². The number of hydrogen-bond donors (Lipinski definition) is 1. The zero-order chi connectivity index (χ0) is 13.1. The maximum absolute atomic E-state index is 5.80. The van der Waals surface area contributed by atoms with Crippen molar-refractivity contribution >= 4 is 22.9 Å². The van der Waals surface area contributed by atoms with E-state index in [2.05, 4.69) is 30.9 Å². The smallest absolute Gasteiger partial charge is 0.106 e. The number of benzene rings is 1. The van der Waals surface area contributed by atoms with Crippen molar-refractivity contribution in [2.24, 2.45) is 17.6 Å². The van der Waals surface area contributed by atoms with Crippen molar-refractivity contribution in [1.82, 2.24) is 0 Å². The van der Waals surface area contributed by atoms with Crippen LogP contribution in [0.5, 0.6) is 0 Å². The van der Waals surface area contributed by atoms with Gasteiger partial charge in [-0.05, 0) is 36.8 Å². The Labute approximate surface area is 115 Å². The van der Waals surface area contributed by atoms with Crippen molar-refractivity contribution in [2.45, 2.75) is 26.7 Å². The largest absolute Gasteiger partial charge is 0.389 e. The monoisotopic (exact) mass is 262 g/mol. The highest BCUT2D eigenvalue weighted by Gasteiger charge is 2.23. The van der Waals surface area contributed by atoms with Crippen molar-refractivity contribution < 1.29 is 0 Å². The summed E-state index contributed by atoms with van der Waals surface area (Å²) in [5.41, 5.74) is 8.01. The Morgan fingerprint density at radius 3 is 2.44 bits per heavy atom. The molecule has 0 unspecified atom stereocenters. The van der Waals surface area contributed by atoms with E-state index in [-0.39, 0.29) is 0 Å². The van der Waals surface area contributed by atoms with Crippen LogP contribution in [-0.2, 0) is 0 Å². The average Bonchev–Trinajstić information content (AvgIpc) is 2.39. The fraction of sp³-hybridized carbons (Fsp3) is 0.533. The molecule has 18 heavy (non-hydrogen) atoms. The fourth-order valence-electron chi connectivity index (χ4n) is 2.76. The van der Waals surface area contributed by atoms with Gasteiger partial charge in [0.2, 0.25) is 0 Å². The summed E-state index contributed by atoms with van der Waals surface area (Å²) < 4.78 is 0. The predicted octanol–water partition coefficient (Wildman–Crippen LogP) is 3.19. The number of nitrogens with two attached hydrogens (primary N) is 1. The number of thiocarbonyl (C=S) groups is 1. The molecule has 0 aliphatic carbocycles. The summed E-state index contributed by atoms with van der Waals surface area (Å²) in [6.07, 6.45) is 2.53. The van der Waals surface area contributed by atoms with E-state index in [0.717, 1.165) is 30.5 Å². The molecule has 2 nitrogen and oxygen atoms in total. The SMILES string of the molecule is CC(C)C1CCN(c2ccccc2C(N)=S)CC1. The van der Waals surface area contributed by atoms with Gasteiger partial charge in [-0.1, -0.05) is 38.2 Å². The molecule has 0 aromatic heterocycles. The Hall–Kier alpha value is -1.09. The molecule has 1 heterocycles. The van der Waals surface area contributed by atoms with Crippen LogP contribution in [0.3, 0.4) is 0 Å². The number of anilines is 1. The van der Waals surface area contributed by atoms with Crippen LogP contribution < -0.4 is 10.6 Å². The minimum atomic E-state index is 0.497. The van der Waals surface area contributed by atoms with E-state index >= 15 is 0 Å². The molecule has 3 heteroatoms. The van der Waals surface area contributed by atoms with Crippen molar-refractivity contribution in [3.8, 4) is 0 Å². The first-order valence-electron chi connectivity index (χ1n) is 6.73. The highest BCUT2D eigenvalue weighted by atomic mass is 32.1. The Morgan fingerprint density at radius 2 is 1.89 bits per heavy atom. The molecule has 1 aliphatic heterocycles. The zero-order valence-corrected chi connectivity index (χ0v) is 12.0. The normalized spacial score (nSPS) is 17.2. The van der Waals surface area contributed by atoms with Gasteiger partial charge in [-0.2, -0.15) is 0 Å². The molecular weight excluding hydrogens is 240 g/mol. The molecule has 0 saturated carbocycles. The van der Waals surface area contributed by atoms with E-state index in [9.17, 15) is 0 Å². The van der Waals surface area contributed by atoms with Gasteiger partial charge in [0.1, 0.15) is 4.99 Å². The van der Waals surface area contributed by atoms with Gasteiger partial charge in [0, 0.05) is 24.3 Å². The number of piperidine rings is 1. The number of para-hydroxylation sites is 1. The van der Waals surface area contributed by atoms with Crippen LogP contribution in [-0.4, -0.2) is 18.1 Å². The van der Waals surface area contributed by atoms with E-state index in [1.54, 1.807) is 0 Å². The van der Waals surface area contributed by atoms with Gasteiger partial charge in [-0.3, -0.25) is 0 Å². The molecular formula is C15H22N2S. The summed E-state index contributed by atoms with van der Waals surface area (Å²) in [5, 5.41) is 0. The Morgan fingerprint density at radius 1 is 1.28 bits per heavy atom. The van der Waals surface area contributed by atoms with Gasteiger partial charge in [-0.15, -0.1) is 0 Å². The summed E-state index contributed by atoms with van der Waals surface area (Å²) in [6.45, 7) is 6.87. The molecule has 0 amide bonds. The van der Waals surface area contributed by atoms with Crippen LogP contribution in [0.25, 0.3) is 0 Å². The Balaban J connectivity index is 2.12. The zero-order valence-electron chi connectivity index (χ0n) is 11.2. The highest BCUT2D eigenvalue weighted by Crippen LogP contribution is 2.29. The summed E-state index contributed by atoms with van der Waals surface area (Å²) in [6, 6.07) is 8.21. The number of rotatable bonds is 3. The van der Waals surface area contributed by atoms with Gasteiger partial charge >= 0.3 is 0 Å². The van der Waals surface area contributed by atoms with E-state index in [1.165, 1.54) is 18.5 Å². The molecule has 1 aromatic rings. The summed E-state index contributed by atoms with van der Waals surface area (Å²) >= 11 is 5.13. The van der Waals surface area contributed by atoms with Gasteiger partial charge in [0.05, 0.1) is 0 Å². The van der Waals surface area contributed by atoms with E-state index in [0.29, 0.717) is 4.99 Å². The number of hydrogen-bond acceptors (Lipinski definition) is 2.